The molecule has 1 aromatic rings. The molecule has 0 aliphatic carbocycles. The van der Waals surface area contributed by atoms with Crippen LogP contribution in [-0.4, -0.2) is 40.2 Å². The van der Waals surface area contributed by atoms with Gasteiger partial charge in [-0.1, -0.05) is 12.1 Å². The molecule has 1 aromatic carbocycles. The normalized spacial score (nSPS) is 22.2. The Morgan fingerprint density at radius 3 is 3.12 bits per heavy atom. The predicted octanol–water partition coefficient (Wildman–Crippen LogP) is 1.42. The van der Waals surface area contributed by atoms with E-state index in [0.717, 1.165) is 16.4 Å². The zero-order valence-corrected chi connectivity index (χ0v) is 9.98. The maximum atomic E-state index is 11.8. The maximum Gasteiger partial charge on any atom is 0.229 e. The van der Waals surface area contributed by atoms with E-state index in [4.69, 9.17) is 5.11 Å². The Morgan fingerprint density at radius 2 is 2.29 bits per heavy atom. The lowest BCUT2D eigenvalue weighted by Crippen LogP contribution is -2.34. The van der Waals surface area contributed by atoms with Gasteiger partial charge in [0, 0.05) is 11.3 Å². The Bertz CT molecular complexity index is 501. The largest absolute Gasteiger partial charge is 0.395 e. The fraction of sp³-hybridized carbons (Fsp3) is 0.333. The molecule has 88 valence electrons. The Hall–Kier alpha value is -1.33. The molecule has 1 fully saturated rings. The summed E-state index contributed by atoms with van der Waals surface area (Å²) < 4.78 is 0. The molecule has 1 saturated heterocycles. The number of nitrogens with zero attached hydrogens (tertiary/aromatic N) is 2. The van der Waals surface area contributed by atoms with Crippen molar-refractivity contribution in [3.8, 4) is 0 Å². The molecular formula is C12H12N2O2S. The number of hydrogen-bond acceptors (Lipinski definition) is 4. The number of rotatable bonds is 2. The Morgan fingerprint density at radius 1 is 1.47 bits per heavy atom. The highest BCUT2D eigenvalue weighted by Gasteiger charge is 2.39. The number of carbonyl (C=O) groups excluding carboxylic acids is 1. The van der Waals surface area contributed by atoms with Crippen LogP contribution in [0, 0.1) is 0 Å². The van der Waals surface area contributed by atoms with Gasteiger partial charge in [-0.15, -0.1) is 11.8 Å². The first-order valence-corrected chi connectivity index (χ1v) is 6.43. The van der Waals surface area contributed by atoms with Gasteiger partial charge >= 0.3 is 0 Å². The zero-order valence-electron chi connectivity index (χ0n) is 9.17. The maximum absolute atomic E-state index is 11.8. The number of amides is 1. The van der Waals surface area contributed by atoms with E-state index in [1.165, 1.54) is 0 Å². The van der Waals surface area contributed by atoms with Gasteiger partial charge in [0.2, 0.25) is 5.91 Å². The fourth-order valence-corrected chi connectivity index (χ4v) is 3.36. The van der Waals surface area contributed by atoms with Crippen LogP contribution in [0.4, 0.5) is 5.69 Å². The summed E-state index contributed by atoms with van der Waals surface area (Å²) >= 11 is 1.69. The van der Waals surface area contributed by atoms with E-state index < -0.39 is 0 Å². The van der Waals surface area contributed by atoms with E-state index in [2.05, 4.69) is 4.99 Å². The first-order chi connectivity index (χ1) is 8.29. The SMILES string of the molecule is O=C1C[C@H]2Sc3ccccc3N=C2N1CCO. The van der Waals surface area contributed by atoms with Crippen LogP contribution < -0.4 is 0 Å². The second kappa shape index (κ2) is 4.16. The molecule has 17 heavy (non-hydrogen) atoms. The Balaban J connectivity index is 2.00. The minimum atomic E-state index is -0.0240. The van der Waals surface area contributed by atoms with Gasteiger partial charge in [-0.05, 0) is 12.1 Å². The highest BCUT2D eigenvalue weighted by molar-refractivity contribution is 8.01. The summed E-state index contributed by atoms with van der Waals surface area (Å²) in [5, 5.41) is 9.09. The molecule has 1 amide bonds. The number of β-amino-alcohol motifs (C(OH)–C–C–N with tert-alkyl or cyclic N) is 1. The average molecular weight is 248 g/mol. The highest BCUT2D eigenvalue weighted by atomic mass is 32.2. The number of hydrogen-bond donors (Lipinski definition) is 1. The molecule has 0 saturated carbocycles. The topological polar surface area (TPSA) is 52.9 Å². The molecule has 4 nitrogen and oxygen atoms in total. The molecule has 3 rings (SSSR count). The minimum Gasteiger partial charge on any atom is -0.395 e. The third-order valence-electron chi connectivity index (χ3n) is 2.92. The highest BCUT2D eigenvalue weighted by Crippen LogP contribution is 2.42. The van der Waals surface area contributed by atoms with Crippen molar-refractivity contribution in [1.82, 2.24) is 4.90 Å². The molecule has 1 N–H and O–H groups in total. The van der Waals surface area contributed by atoms with Crippen molar-refractivity contribution in [3.63, 3.8) is 0 Å². The first kappa shape index (κ1) is 10.8. The number of fused-ring (bicyclic) bond motifs is 2. The number of benzene rings is 1. The quantitative estimate of drug-likeness (QED) is 0.861. The second-order valence-electron chi connectivity index (χ2n) is 4.02. The summed E-state index contributed by atoms with van der Waals surface area (Å²) in [6.07, 6.45) is 0.484. The summed E-state index contributed by atoms with van der Waals surface area (Å²) in [5.74, 6) is 0.857. The molecule has 0 aromatic heterocycles. The van der Waals surface area contributed by atoms with Crippen molar-refractivity contribution in [2.45, 2.75) is 16.6 Å². The number of carbonyl (C=O) groups is 1. The van der Waals surface area contributed by atoms with Crippen LogP contribution in [0.1, 0.15) is 6.42 Å². The summed E-state index contributed by atoms with van der Waals surface area (Å²) in [6, 6.07) is 7.90. The van der Waals surface area contributed by atoms with Gasteiger partial charge in [0.1, 0.15) is 5.84 Å². The van der Waals surface area contributed by atoms with Crippen LogP contribution in [0.3, 0.4) is 0 Å². The van der Waals surface area contributed by atoms with Crippen molar-refractivity contribution < 1.29 is 9.90 Å². The number of aliphatic imine (C=N–C) groups is 1. The molecule has 2 aliphatic rings. The van der Waals surface area contributed by atoms with Crippen molar-refractivity contribution in [2.24, 2.45) is 4.99 Å². The number of amidine groups is 1. The summed E-state index contributed by atoms with van der Waals surface area (Å²) in [4.78, 5) is 19.1. The van der Waals surface area contributed by atoms with E-state index in [9.17, 15) is 4.79 Å². The van der Waals surface area contributed by atoms with Crippen LogP contribution >= 0.6 is 11.8 Å². The van der Waals surface area contributed by atoms with Crippen molar-refractivity contribution in [2.75, 3.05) is 13.2 Å². The lowest BCUT2D eigenvalue weighted by molar-refractivity contribution is -0.125. The van der Waals surface area contributed by atoms with Crippen LogP contribution in [0.5, 0.6) is 0 Å². The Labute approximate surface area is 103 Å². The van der Waals surface area contributed by atoms with Crippen LogP contribution in [0.2, 0.25) is 0 Å². The fourth-order valence-electron chi connectivity index (χ4n) is 2.15. The van der Waals surface area contributed by atoms with E-state index >= 15 is 0 Å². The lowest BCUT2D eigenvalue weighted by atomic mass is 10.3. The molecule has 0 unspecified atom stereocenters. The average Bonchev–Trinajstić information content (AvgIpc) is 2.63. The van der Waals surface area contributed by atoms with E-state index in [1.54, 1.807) is 16.7 Å². The van der Waals surface area contributed by atoms with Gasteiger partial charge in [-0.25, -0.2) is 4.99 Å². The lowest BCUT2D eigenvalue weighted by Gasteiger charge is -2.22. The Kier molecular flexibility index (Phi) is 2.64. The smallest absolute Gasteiger partial charge is 0.229 e. The number of likely N-dealkylation sites (tertiary alicyclic amines) is 1. The van der Waals surface area contributed by atoms with E-state index in [-0.39, 0.29) is 17.8 Å². The van der Waals surface area contributed by atoms with Gasteiger partial charge in [0.25, 0.3) is 0 Å². The summed E-state index contributed by atoms with van der Waals surface area (Å²) in [5.41, 5.74) is 0.918. The summed E-state index contributed by atoms with van der Waals surface area (Å²) in [6.45, 7) is 0.320. The molecular weight excluding hydrogens is 236 g/mol. The predicted molar refractivity (Wildman–Crippen MR) is 66.6 cm³/mol. The molecule has 0 spiro atoms. The monoisotopic (exact) mass is 248 g/mol. The molecule has 0 radical (unpaired) electrons. The van der Waals surface area contributed by atoms with Gasteiger partial charge in [-0.3, -0.25) is 9.69 Å². The third-order valence-corrected chi connectivity index (χ3v) is 4.18. The summed E-state index contributed by atoms with van der Waals surface area (Å²) in [7, 11) is 0. The van der Waals surface area contributed by atoms with Crippen molar-refractivity contribution >= 4 is 29.2 Å². The molecule has 5 heteroatoms. The van der Waals surface area contributed by atoms with Gasteiger partial charge in [0.05, 0.1) is 24.1 Å². The molecule has 0 bridgehead atoms. The van der Waals surface area contributed by atoms with Gasteiger partial charge < -0.3 is 5.11 Å². The molecule has 2 aliphatic heterocycles. The second-order valence-corrected chi connectivity index (χ2v) is 5.26. The van der Waals surface area contributed by atoms with E-state index in [1.807, 2.05) is 24.3 Å². The van der Waals surface area contributed by atoms with Crippen molar-refractivity contribution in [1.29, 1.82) is 0 Å². The van der Waals surface area contributed by atoms with Crippen LogP contribution in [0.25, 0.3) is 0 Å². The van der Waals surface area contributed by atoms with Crippen LogP contribution in [-0.2, 0) is 4.79 Å². The third kappa shape index (κ3) is 1.75. The molecule has 2 heterocycles. The van der Waals surface area contributed by atoms with Crippen LogP contribution in [0.15, 0.2) is 34.2 Å². The number of thioether (sulfide) groups is 1. The number of aliphatic hydroxyl groups excluding tert-OH is 1. The zero-order chi connectivity index (χ0) is 11.8. The van der Waals surface area contributed by atoms with Gasteiger partial charge in [0.15, 0.2) is 0 Å². The first-order valence-electron chi connectivity index (χ1n) is 5.55. The van der Waals surface area contributed by atoms with Crippen molar-refractivity contribution in [3.05, 3.63) is 24.3 Å². The molecule has 1 atom stereocenters. The minimum absolute atomic E-state index is 0.0240. The van der Waals surface area contributed by atoms with Gasteiger partial charge in [-0.2, -0.15) is 0 Å². The standard InChI is InChI=1S/C12H12N2O2S/c15-6-5-14-11(16)7-10-12(14)13-8-3-1-2-4-9(8)17-10/h1-4,10,15H,5-7H2/t10-/m1/s1. The number of aliphatic hydroxyl groups is 1. The number of para-hydroxylation sites is 1. The van der Waals surface area contributed by atoms with E-state index in [0.29, 0.717) is 13.0 Å².